The van der Waals surface area contributed by atoms with Gasteiger partial charge < -0.3 is 15.0 Å². The molecule has 0 bridgehead atoms. The number of piperidine rings is 1. The van der Waals surface area contributed by atoms with Crippen LogP contribution in [-0.2, 0) is 11.3 Å². The summed E-state index contributed by atoms with van der Waals surface area (Å²) < 4.78 is 40.7. The van der Waals surface area contributed by atoms with Crippen LogP contribution in [0.4, 0.5) is 18.9 Å². The van der Waals surface area contributed by atoms with Gasteiger partial charge >= 0.3 is 6.36 Å². The fraction of sp³-hybridized carbons (Fsp3) is 0.350. The minimum absolute atomic E-state index is 0.190. The highest BCUT2D eigenvalue weighted by atomic mass is 19.4. The molecular formula is C20H21F3N2O2. The fourth-order valence-corrected chi connectivity index (χ4v) is 3.44. The third kappa shape index (κ3) is 5.39. The van der Waals surface area contributed by atoms with Crippen molar-refractivity contribution in [3.05, 3.63) is 59.7 Å². The van der Waals surface area contributed by atoms with Crippen molar-refractivity contribution in [1.29, 1.82) is 0 Å². The molecule has 2 aromatic rings. The number of amides is 1. The largest absolute Gasteiger partial charge is 0.573 e. The van der Waals surface area contributed by atoms with Crippen LogP contribution in [0.3, 0.4) is 0 Å². The van der Waals surface area contributed by atoms with E-state index in [0.29, 0.717) is 18.9 Å². The molecule has 1 fully saturated rings. The molecule has 27 heavy (non-hydrogen) atoms. The van der Waals surface area contributed by atoms with Gasteiger partial charge in [-0.25, -0.2) is 0 Å². The van der Waals surface area contributed by atoms with Crippen molar-refractivity contribution in [2.45, 2.75) is 31.7 Å². The lowest BCUT2D eigenvalue weighted by molar-refractivity contribution is -0.274. The van der Waals surface area contributed by atoms with E-state index in [1.165, 1.54) is 12.1 Å². The van der Waals surface area contributed by atoms with Crippen LogP contribution < -0.4 is 15.0 Å². The molecule has 0 aromatic heterocycles. The van der Waals surface area contributed by atoms with E-state index in [1.807, 2.05) is 18.2 Å². The first-order valence-corrected chi connectivity index (χ1v) is 8.81. The molecule has 4 nitrogen and oxygen atoms in total. The van der Waals surface area contributed by atoms with Crippen molar-refractivity contribution in [2.24, 2.45) is 0 Å². The first-order chi connectivity index (χ1) is 12.9. The molecule has 1 aliphatic rings. The Hall–Kier alpha value is -2.70. The molecule has 0 aliphatic carbocycles. The van der Waals surface area contributed by atoms with Crippen LogP contribution in [0.2, 0.25) is 0 Å². The second kappa shape index (κ2) is 8.33. The Labute approximate surface area is 155 Å². The van der Waals surface area contributed by atoms with Gasteiger partial charge in [-0.1, -0.05) is 24.3 Å². The zero-order valence-electron chi connectivity index (χ0n) is 14.7. The van der Waals surface area contributed by atoms with E-state index >= 15 is 0 Å². The van der Waals surface area contributed by atoms with Crippen LogP contribution in [0.1, 0.15) is 29.9 Å². The Balaban J connectivity index is 1.58. The van der Waals surface area contributed by atoms with E-state index in [2.05, 4.69) is 21.0 Å². The van der Waals surface area contributed by atoms with Gasteiger partial charge in [-0.2, -0.15) is 0 Å². The van der Waals surface area contributed by atoms with Crippen LogP contribution >= 0.6 is 0 Å². The third-order valence-corrected chi connectivity index (χ3v) is 4.75. The molecular weight excluding hydrogens is 357 g/mol. The molecule has 0 unspecified atom stereocenters. The highest BCUT2D eigenvalue weighted by Crippen LogP contribution is 2.32. The van der Waals surface area contributed by atoms with Crippen LogP contribution in [0.5, 0.6) is 5.75 Å². The molecule has 0 atom stereocenters. The first-order valence-electron chi connectivity index (χ1n) is 8.81. The Bertz CT molecular complexity index is 755. The van der Waals surface area contributed by atoms with Crippen molar-refractivity contribution in [3.8, 4) is 5.75 Å². The number of hydrogen-bond donors (Lipinski definition) is 1. The van der Waals surface area contributed by atoms with Crippen molar-refractivity contribution >= 4 is 12.1 Å². The summed E-state index contributed by atoms with van der Waals surface area (Å²) in [6.45, 7) is 2.24. The monoisotopic (exact) mass is 378 g/mol. The molecule has 2 aromatic carbocycles. The van der Waals surface area contributed by atoms with E-state index in [9.17, 15) is 18.0 Å². The highest BCUT2D eigenvalue weighted by molar-refractivity contribution is 5.51. The summed E-state index contributed by atoms with van der Waals surface area (Å²) in [5, 5.41) is 2.66. The number of rotatable bonds is 6. The van der Waals surface area contributed by atoms with Gasteiger partial charge in [0.1, 0.15) is 5.75 Å². The summed E-state index contributed by atoms with van der Waals surface area (Å²) in [5.41, 5.74) is 3.20. The van der Waals surface area contributed by atoms with Crippen LogP contribution in [0.15, 0.2) is 48.5 Å². The first kappa shape index (κ1) is 19.1. The summed E-state index contributed by atoms with van der Waals surface area (Å²) in [4.78, 5) is 12.7. The predicted molar refractivity (Wildman–Crippen MR) is 96.7 cm³/mol. The number of halogens is 3. The summed E-state index contributed by atoms with van der Waals surface area (Å²) in [6, 6.07) is 14.2. The van der Waals surface area contributed by atoms with Gasteiger partial charge in [0.05, 0.1) is 0 Å². The maximum atomic E-state index is 12.2. The molecule has 1 N–H and O–H groups in total. The molecule has 1 amide bonds. The maximum Gasteiger partial charge on any atom is 0.573 e. The number of ether oxygens (including phenoxy) is 1. The Kier molecular flexibility index (Phi) is 5.88. The van der Waals surface area contributed by atoms with Gasteiger partial charge in [-0.3, -0.25) is 4.79 Å². The normalized spacial score (nSPS) is 15.4. The van der Waals surface area contributed by atoms with Crippen LogP contribution in [-0.4, -0.2) is 25.9 Å². The van der Waals surface area contributed by atoms with E-state index in [0.717, 1.165) is 42.7 Å². The number of hydrogen-bond acceptors (Lipinski definition) is 3. The lowest BCUT2D eigenvalue weighted by atomic mass is 9.89. The van der Waals surface area contributed by atoms with Crippen molar-refractivity contribution in [2.75, 3.05) is 18.0 Å². The number of anilines is 1. The Morgan fingerprint density at radius 1 is 1.11 bits per heavy atom. The second-order valence-corrected chi connectivity index (χ2v) is 6.55. The average Bonchev–Trinajstić information content (AvgIpc) is 2.66. The van der Waals surface area contributed by atoms with E-state index in [1.54, 1.807) is 12.1 Å². The van der Waals surface area contributed by atoms with Crippen molar-refractivity contribution in [3.63, 3.8) is 0 Å². The topological polar surface area (TPSA) is 41.6 Å². The third-order valence-electron chi connectivity index (χ3n) is 4.75. The standard InChI is InChI=1S/C20H21F3N2O2/c21-20(22,23)27-19-6-4-16(5-7-19)17-8-10-25(11-9-17)18-3-1-2-15(12-18)13-24-14-26/h1-7,12,14,17H,8-11,13H2,(H,24,26). The highest BCUT2D eigenvalue weighted by Gasteiger charge is 2.31. The molecule has 0 radical (unpaired) electrons. The van der Waals surface area contributed by atoms with E-state index in [-0.39, 0.29) is 5.75 Å². The Morgan fingerprint density at radius 3 is 2.44 bits per heavy atom. The van der Waals surface area contributed by atoms with Gasteiger partial charge in [-0.15, -0.1) is 13.2 Å². The minimum atomic E-state index is -4.66. The number of alkyl halides is 3. The second-order valence-electron chi connectivity index (χ2n) is 6.55. The summed E-state index contributed by atoms with van der Waals surface area (Å²) in [6.07, 6.45) is -2.13. The fourth-order valence-electron chi connectivity index (χ4n) is 3.44. The Morgan fingerprint density at radius 2 is 1.81 bits per heavy atom. The molecule has 0 saturated carbocycles. The quantitative estimate of drug-likeness (QED) is 0.766. The van der Waals surface area contributed by atoms with Gasteiger partial charge in [0.2, 0.25) is 6.41 Å². The van der Waals surface area contributed by atoms with Gasteiger partial charge in [0.15, 0.2) is 0 Å². The molecule has 1 heterocycles. The number of carbonyl (C=O) groups excluding carboxylic acids is 1. The molecule has 0 spiro atoms. The molecule has 1 aliphatic heterocycles. The SMILES string of the molecule is O=CNCc1cccc(N2CCC(c3ccc(OC(F)(F)F)cc3)CC2)c1. The van der Waals surface area contributed by atoms with Gasteiger partial charge in [0.25, 0.3) is 0 Å². The van der Waals surface area contributed by atoms with Crippen LogP contribution in [0, 0.1) is 0 Å². The number of carbonyl (C=O) groups is 1. The van der Waals surface area contributed by atoms with Gasteiger partial charge in [0, 0.05) is 25.3 Å². The summed E-state index contributed by atoms with van der Waals surface area (Å²) >= 11 is 0. The minimum Gasteiger partial charge on any atom is -0.406 e. The van der Waals surface area contributed by atoms with Crippen molar-refractivity contribution < 1.29 is 22.7 Å². The molecule has 7 heteroatoms. The summed E-state index contributed by atoms with van der Waals surface area (Å²) in [7, 11) is 0. The number of nitrogens with zero attached hydrogens (tertiary/aromatic N) is 1. The summed E-state index contributed by atoms with van der Waals surface area (Å²) in [5.74, 6) is 0.130. The molecule has 144 valence electrons. The van der Waals surface area contributed by atoms with E-state index in [4.69, 9.17) is 0 Å². The lowest BCUT2D eigenvalue weighted by Gasteiger charge is -2.34. The van der Waals surface area contributed by atoms with E-state index < -0.39 is 6.36 Å². The smallest absolute Gasteiger partial charge is 0.406 e. The zero-order chi connectivity index (χ0) is 19.3. The van der Waals surface area contributed by atoms with Crippen LogP contribution in [0.25, 0.3) is 0 Å². The number of benzene rings is 2. The molecule has 1 saturated heterocycles. The van der Waals surface area contributed by atoms with Crippen molar-refractivity contribution in [1.82, 2.24) is 5.32 Å². The zero-order valence-corrected chi connectivity index (χ0v) is 14.7. The maximum absolute atomic E-state index is 12.2. The number of nitrogens with one attached hydrogen (secondary N) is 1. The molecule has 3 rings (SSSR count). The lowest BCUT2D eigenvalue weighted by Crippen LogP contribution is -2.32. The average molecular weight is 378 g/mol. The van der Waals surface area contributed by atoms with Gasteiger partial charge in [-0.05, 0) is 54.2 Å². The predicted octanol–water partition coefficient (Wildman–Crippen LogP) is 4.22.